The van der Waals surface area contributed by atoms with Crippen molar-refractivity contribution >= 4 is 103 Å². The average Bonchev–Trinajstić information content (AvgIpc) is 4.18. The van der Waals surface area contributed by atoms with E-state index in [1.807, 2.05) is 24.8 Å². The van der Waals surface area contributed by atoms with Crippen molar-refractivity contribution in [3.8, 4) is 0 Å². The van der Waals surface area contributed by atoms with Gasteiger partial charge in [-0.15, -0.1) is 0 Å². The summed E-state index contributed by atoms with van der Waals surface area (Å²) in [6.07, 6.45) is 8.17. The van der Waals surface area contributed by atoms with Gasteiger partial charge in [-0.2, -0.15) is 0 Å². The molecular formula is C72H54N4Si2. The van der Waals surface area contributed by atoms with Crippen LogP contribution in [-0.4, -0.2) is 36.1 Å². The van der Waals surface area contributed by atoms with E-state index in [0.29, 0.717) is 0 Å². The summed E-state index contributed by atoms with van der Waals surface area (Å²) in [7, 11) is -6.14. The molecule has 0 unspecified atom stereocenters. The number of hydrogen-bond donors (Lipinski definition) is 0. The molecule has 0 amide bonds. The minimum absolute atomic E-state index is 0.948. The summed E-state index contributed by atoms with van der Waals surface area (Å²) in [5, 5.41) is 10.5. The number of aromatic nitrogens is 4. The first-order valence-electron chi connectivity index (χ1n) is 27.1. The minimum Gasteiger partial charge on any atom is -0.256 e. The van der Waals surface area contributed by atoms with Gasteiger partial charge in [0.25, 0.3) is 0 Å². The number of rotatable bonds is 11. The van der Waals surface area contributed by atoms with E-state index >= 15 is 0 Å². The highest BCUT2D eigenvalue weighted by molar-refractivity contribution is 7.18. The van der Waals surface area contributed by atoms with Gasteiger partial charge < -0.3 is 0 Å². The first-order chi connectivity index (χ1) is 38.5. The number of fused-ring (bicyclic) bond motifs is 4. The second kappa shape index (κ2) is 19.4. The smallest absolute Gasteiger partial charge is 0.118 e. The second-order valence-electron chi connectivity index (χ2n) is 21.1. The van der Waals surface area contributed by atoms with E-state index in [1.54, 1.807) is 0 Å². The van der Waals surface area contributed by atoms with Crippen LogP contribution >= 0.6 is 0 Å². The molecule has 4 aromatic heterocycles. The molecule has 6 heteroatoms. The van der Waals surface area contributed by atoms with Crippen LogP contribution in [0.25, 0.3) is 86.7 Å². The fourth-order valence-electron chi connectivity index (χ4n) is 13.4. The Balaban J connectivity index is 1.13. The van der Waals surface area contributed by atoms with E-state index in [-0.39, 0.29) is 0 Å². The van der Waals surface area contributed by atoms with Crippen molar-refractivity contribution in [3.05, 3.63) is 312 Å². The van der Waals surface area contributed by atoms with Crippen molar-refractivity contribution in [2.75, 3.05) is 0 Å². The fourth-order valence-corrected chi connectivity index (χ4v) is 25.4. The Morgan fingerprint density at radius 2 is 0.449 bits per heavy atom. The molecule has 4 nitrogen and oxygen atoms in total. The van der Waals surface area contributed by atoms with Gasteiger partial charge in [0.1, 0.15) is 16.1 Å². The molecule has 8 aromatic carbocycles. The van der Waals surface area contributed by atoms with Gasteiger partial charge in [0.2, 0.25) is 0 Å². The standard InChI is InChI=1S/C72H54N4Si2/c1-77(69(57-39-43-73-61-35-19-15-31-53(57)61)65(49-23-7-3-8-24-49)66(50-25-9-4-10-26-50)70(77)58-40-44-74-62-36-20-16-32-54(58)62)47-48-78(2)71(59-41-45-75-63-37-21-17-33-55(59)63)67(51-27-11-5-12-28-51)68(52-29-13-6-14-30-52)72(78)60-42-46-76-64-38-22-18-34-56(60)64/h3-46H,47-48H2,1-2H3. The van der Waals surface area contributed by atoms with Crippen LogP contribution in [0.3, 0.4) is 0 Å². The Morgan fingerprint density at radius 1 is 0.244 bits per heavy atom. The molecule has 0 N–H and O–H groups in total. The van der Waals surface area contributed by atoms with Crippen LogP contribution in [0.4, 0.5) is 0 Å². The Kier molecular flexibility index (Phi) is 11.8. The lowest BCUT2D eigenvalue weighted by molar-refractivity contribution is 1.32. The van der Waals surface area contributed by atoms with Crippen molar-refractivity contribution in [2.24, 2.45) is 0 Å². The lowest BCUT2D eigenvalue weighted by Crippen LogP contribution is -2.40. The Bertz CT molecular complexity index is 3860. The van der Waals surface area contributed by atoms with Crippen molar-refractivity contribution < 1.29 is 0 Å². The number of benzene rings is 8. The molecular weight excluding hydrogens is 977 g/mol. The van der Waals surface area contributed by atoms with Gasteiger partial charge in [-0.05, 0) is 136 Å². The molecule has 0 aliphatic carbocycles. The minimum atomic E-state index is -3.07. The number of allylic oxidation sites excluding steroid dienone is 4. The summed E-state index contributed by atoms with van der Waals surface area (Å²) in [5.74, 6) is 0. The van der Waals surface area contributed by atoms with Crippen molar-refractivity contribution in [3.63, 3.8) is 0 Å². The molecule has 0 bridgehead atoms. The Hall–Kier alpha value is -9.21. The predicted octanol–water partition coefficient (Wildman–Crippen LogP) is 18.0. The Labute approximate surface area is 457 Å². The van der Waals surface area contributed by atoms with Gasteiger partial charge in [-0.1, -0.05) is 219 Å². The molecule has 0 spiro atoms. The number of para-hydroxylation sites is 4. The van der Waals surface area contributed by atoms with Crippen LogP contribution in [0.15, 0.2) is 267 Å². The Morgan fingerprint density at radius 3 is 0.679 bits per heavy atom. The number of hydrogen-bond acceptors (Lipinski definition) is 4. The van der Waals surface area contributed by atoms with Crippen LogP contribution in [0.2, 0.25) is 25.2 Å². The molecule has 2 aliphatic rings. The molecule has 12 aromatic rings. The lowest BCUT2D eigenvalue weighted by Gasteiger charge is -2.37. The zero-order chi connectivity index (χ0) is 52.2. The topological polar surface area (TPSA) is 51.6 Å². The van der Waals surface area contributed by atoms with E-state index in [2.05, 4.69) is 256 Å². The van der Waals surface area contributed by atoms with E-state index in [4.69, 9.17) is 19.9 Å². The van der Waals surface area contributed by atoms with Crippen LogP contribution in [0.5, 0.6) is 0 Å². The summed E-state index contributed by atoms with van der Waals surface area (Å²) >= 11 is 0. The van der Waals surface area contributed by atoms with Gasteiger partial charge in [0.15, 0.2) is 0 Å². The van der Waals surface area contributed by atoms with E-state index < -0.39 is 16.1 Å². The highest BCUT2D eigenvalue weighted by Gasteiger charge is 2.53. The normalized spacial score (nSPS) is 15.2. The quantitative estimate of drug-likeness (QED) is 0.121. The summed E-state index contributed by atoms with van der Waals surface area (Å²) in [6, 6.07) is 91.2. The third kappa shape index (κ3) is 7.70. The fraction of sp³-hybridized carbons (Fsp3) is 0.0556. The number of nitrogens with zero attached hydrogens (tertiary/aromatic N) is 4. The highest BCUT2D eigenvalue weighted by atomic mass is 28.3. The largest absolute Gasteiger partial charge is 0.256 e. The zero-order valence-corrected chi connectivity index (χ0v) is 45.6. The molecule has 0 saturated heterocycles. The summed E-state index contributed by atoms with van der Waals surface area (Å²) in [4.78, 5) is 20.2. The van der Waals surface area contributed by atoms with E-state index in [1.165, 1.54) is 109 Å². The summed E-state index contributed by atoms with van der Waals surface area (Å²) < 4.78 is 0. The monoisotopic (exact) mass is 1030 g/mol. The molecule has 0 fully saturated rings. The van der Waals surface area contributed by atoms with Gasteiger partial charge in [-0.25, -0.2) is 0 Å². The van der Waals surface area contributed by atoms with Gasteiger partial charge in [-0.3, -0.25) is 19.9 Å². The van der Waals surface area contributed by atoms with E-state index in [0.717, 1.165) is 34.2 Å². The third-order valence-electron chi connectivity index (χ3n) is 16.8. The molecule has 14 rings (SSSR count). The zero-order valence-electron chi connectivity index (χ0n) is 43.6. The third-order valence-corrected chi connectivity index (χ3v) is 26.2. The SMILES string of the molecule is C[Si]1(CC[Si]2(C)C(c3ccnc4ccccc34)=C(c3ccccc3)C(c3ccccc3)=C2c2ccnc3ccccc23)C(c2ccnc3ccccc23)=C(c2ccccc2)C(c2ccccc2)=C1c1ccnc2ccccc12. The van der Waals surface area contributed by atoms with Gasteiger partial charge in [0, 0.05) is 46.3 Å². The average molecular weight is 1030 g/mol. The van der Waals surface area contributed by atoms with Crippen molar-refractivity contribution in [2.45, 2.75) is 25.2 Å². The van der Waals surface area contributed by atoms with Gasteiger partial charge >= 0.3 is 0 Å². The highest BCUT2D eigenvalue weighted by Crippen LogP contribution is 2.63. The lowest BCUT2D eigenvalue weighted by atomic mass is 9.88. The molecule has 370 valence electrons. The second-order valence-corrected chi connectivity index (χ2v) is 29.5. The van der Waals surface area contributed by atoms with Crippen molar-refractivity contribution in [1.82, 2.24) is 19.9 Å². The molecule has 6 heterocycles. The first kappa shape index (κ1) is 47.3. The van der Waals surface area contributed by atoms with Crippen molar-refractivity contribution in [1.29, 1.82) is 0 Å². The van der Waals surface area contributed by atoms with Crippen LogP contribution in [0.1, 0.15) is 44.5 Å². The molecule has 0 radical (unpaired) electrons. The molecule has 2 aliphatic heterocycles. The van der Waals surface area contributed by atoms with Gasteiger partial charge in [0.05, 0.1) is 22.1 Å². The molecule has 78 heavy (non-hydrogen) atoms. The van der Waals surface area contributed by atoms with Crippen LogP contribution < -0.4 is 0 Å². The maximum absolute atomic E-state index is 5.04. The molecule has 0 atom stereocenters. The first-order valence-corrected chi connectivity index (χ1v) is 32.5. The van der Waals surface area contributed by atoms with Crippen LogP contribution in [0, 0.1) is 0 Å². The maximum Gasteiger partial charge on any atom is 0.118 e. The number of pyridine rings is 4. The summed E-state index contributed by atoms with van der Waals surface area (Å²) in [5.41, 5.74) is 19.1. The van der Waals surface area contributed by atoms with E-state index in [9.17, 15) is 0 Å². The van der Waals surface area contributed by atoms with Crippen LogP contribution in [-0.2, 0) is 0 Å². The maximum atomic E-state index is 5.04. The summed E-state index contributed by atoms with van der Waals surface area (Å²) in [6.45, 7) is 5.42. The predicted molar refractivity (Wildman–Crippen MR) is 333 cm³/mol. The molecule has 0 saturated carbocycles.